The zero-order valence-corrected chi connectivity index (χ0v) is 13.0. The Hall–Kier alpha value is -1.43. The Labute approximate surface area is 131 Å². The van der Waals surface area contributed by atoms with E-state index in [9.17, 15) is 9.50 Å². The summed E-state index contributed by atoms with van der Waals surface area (Å²) in [6.07, 6.45) is -0.663. The molecular weight excluding hydrogens is 337 g/mol. The van der Waals surface area contributed by atoms with Crippen LogP contribution in [0.2, 0.25) is 0 Å². The van der Waals surface area contributed by atoms with Crippen LogP contribution in [0.4, 0.5) is 10.1 Å². The summed E-state index contributed by atoms with van der Waals surface area (Å²) in [5, 5.41) is 13.0. The van der Waals surface area contributed by atoms with Crippen LogP contribution >= 0.6 is 15.9 Å². The van der Waals surface area contributed by atoms with Crippen LogP contribution in [0.3, 0.4) is 0 Å². The number of ether oxygens (including phenoxy) is 1. The van der Waals surface area contributed by atoms with E-state index in [1.54, 1.807) is 18.2 Å². The van der Waals surface area contributed by atoms with Gasteiger partial charge in [-0.25, -0.2) is 4.39 Å². The number of aliphatic hydroxyl groups is 1. The van der Waals surface area contributed by atoms with Crippen LogP contribution in [0, 0.1) is 5.82 Å². The molecule has 0 saturated carbocycles. The fraction of sp³-hybridized carbons (Fsp3) is 0.250. The number of hydrogen-bond acceptors (Lipinski definition) is 3. The SMILES string of the molecule is OC(CNc1ccccc1Br)COCc1ccccc1F. The first-order valence-electron chi connectivity index (χ1n) is 6.64. The number of aliphatic hydroxyl groups excluding tert-OH is 1. The molecule has 2 aromatic carbocycles. The van der Waals surface area contributed by atoms with Crippen LogP contribution in [0.5, 0.6) is 0 Å². The summed E-state index contributed by atoms with van der Waals surface area (Å²) < 4.78 is 19.6. The Morgan fingerprint density at radius 3 is 2.62 bits per heavy atom. The molecule has 2 rings (SSSR count). The monoisotopic (exact) mass is 353 g/mol. The highest BCUT2D eigenvalue weighted by atomic mass is 79.9. The summed E-state index contributed by atoms with van der Waals surface area (Å²) in [7, 11) is 0. The Balaban J connectivity index is 1.72. The maximum absolute atomic E-state index is 13.4. The number of rotatable bonds is 7. The molecule has 112 valence electrons. The Bertz CT molecular complexity index is 580. The number of nitrogens with one attached hydrogen (secondary N) is 1. The third-order valence-electron chi connectivity index (χ3n) is 2.93. The molecule has 0 fully saturated rings. The molecule has 0 amide bonds. The lowest BCUT2D eigenvalue weighted by atomic mass is 10.2. The van der Waals surface area contributed by atoms with Gasteiger partial charge in [-0.15, -0.1) is 0 Å². The zero-order chi connectivity index (χ0) is 15.1. The first-order valence-corrected chi connectivity index (χ1v) is 7.43. The maximum atomic E-state index is 13.4. The Morgan fingerprint density at radius 2 is 1.86 bits per heavy atom. The minimum Gasteiger partial charge on any atom is -0.389 e. The van der Waals surface area contributed by atoms with Crippen LogP contribution in [0.25, 0.3) is 0 Å². The fourth-order valence-electron chi connectivity index (χ4n) is 1.81. The molecule has 2 aromatic rings. The molecule has 0 spiro atoms. The second-order valence-electron chi connectivity index (χ2n) is 4.62. The van der Waals surface area contributed by atoms with Crippen molar-refractivity contribution in [3.8, 4) is 0 Å². The minimum atomic E-state index is -0.663. The predicted molar refractivity (Wildman–Crippen MR) is 84.7 cm³/mol. The fourth-order valence-corrected chi connectivity index (χ4v) is 2.24. The summed E-state index contributed by atoms with van der Waals surface area (Å²) in [6.45, 7) is 0.657. The molecule has 1 unspecified atom stereocenters. The van der Waals surface area contributed by atoms with E-state index in [2.05, 4.69) is 21.2 Å². The molecule has 3 nitrogen and oxygen atoms in total. The molecule has 1 atom stereocenters. The van der Waals surface area contributed by atoms with Crippen molar-refractivity contribution in [2.45, 2.75) is 12.7 Å². The van der Waals surface area contributed by atoms with Crippen LogP contribution in [-0.2, 0) is 11.3 Å². The summed E-state index contributed by atoms with van der Waals surface area (Å²) >= 11 is 3.42. The van der Waals surface area contributed by atoms with Crippen LogP contribution in [0.15, 0.2) is 53.0 Å². The van der Waals surface area contributed by atoms with Gasteiger partial charge in [0.2, 0.25) is 0 Å². The van der Waals surface area contributed by atoms with Crippen molar-refractivity contribution in [1.82, 2.24) is 0 Å². The van der Waals surface area contributed by atoms with Gasteiger partial charge in [-0.05, 0) is 34.1 Å². The van der Waals surface area contributed by atoms with E-state index in [-0.39, 0.29) is 19.0 Å². The summed E-state index contributed by atoms with van der Waals surface area (Å²) in [5.74, 6) is -0.293. The van der Waals surface area contributed by atoms with Gasteiger partial charge >= 0.3 is 0 Å². The predicted octanol–water partition coefficient (Wildman–Crippen LogP) is 3.58. The second-order valence-corrected chi connectivity index (χ2v) is 5.48. The average molecular weight is 354 g/mol. The van der Waals surface area contributed by atoms with Crippen molar-refractivity contribution < 1.29 is 14.2 Å². The normalized spacial score (nSPS) is 12.1. The van der Waals surface area contributed by atoms with Gasteiger partial charge in [0, 0.05) is 22.3 Å². The van der Waals surface area contributed by atoms with E-state index >= 15 is 0 Å². The zero-order valence-electron chi connectivity index (χ0n) is 11.4. The van der Waals surface area contributed by atoms with Gasteiger partial charge in [0.05, 0.1) is 19.3 Å². The number of halogens is 2. The minimum absolute atomic E-state index is 0.145. The molecule has 0 aliphatic carbocycles. The van der Waals surface area contributed by atoms with E-state index in [1.807, 2.05) is 24.3 Å². The Kier molecular flexibility index (Phi) is 6.17. The van der Waals surface area contributed by atoms with Gasteiger partial charge in [0.1, 0.15) is 5.82 Å². The van der Waals surface area contributed by atoms with E-state index in [0.717, 1.165) is 10.2 Å². The number of para-hydroxylation sites is 1. The smallest absolute Gasteiger partial charge is 0.128 e. The Morgan fingerprint density at radius 1 is 1.14 bits per heavy atom. The van der Waals surface area contributed by atoms with Crippen LogP contribution in [0.1, 0.15) is 5.56 Å². The van der Waals surface area contributed by atoms with Crippen LogP contribution < -0.4 is 5.32 Å². The molecule has 0 aliphatic rings. The van der Waals surface area contributed by atoms with Crippen molar-refractivity contribution >= 4 is 21.6 Å². The van der Waals surface area contributed by atoms with Crippen molar-refractivity contribution in [3.05, 3.63) is 64.4 Å². The molecule has 0 aromatic heterocycles. The second kappa shape index (κ2) is 8.12. The van der Waals surface area contributed by atoms with Gasteiger partial charge in [-0.1, -0.05) is 30.3 Å². The average Bonchev–Trinajstić information content (AvgIpc) is 2.48. The molecule has 0 heterocycles. The first-order chi connectivity index (χ1) is 10.2. The van der Waals surface area contributed by atoms with E-state index in [1.165, 1.54) is 6.07 Å². The van der Waals surface area contributed by atoms with Gasteiger partial charge in [0.25, 0.3) is 0 Å². The lowest BCUT2D eigenvalue weighted by molar-refractivity contribution is 0.0337. The molecule has 2 N–H and O–H groups in total. The quantitative estimate of drug-likeness (QED) is 0.799. The lowest BCUT2D eigenvalue weighted by Gasteiger charge is -2.14. The van der Waals surface area contributed by atoms with Crippen molar-refractivity contribution in [1.29, 1.82) is 0 Å². The summed E-state index contributed by atoms with van der Waals surface area (Å²) in [4.78, 5) is 0. The molecule has 0 aliphatic heterocycles. The summed E-state index contributed by atoms with van der Waals surface area (Å²) in [5.41, 5.74) is 1.40. The number of hydrogen-bond donors (Lipinski definition) is 2. The maximum Gasteiger partial charge on any atom is 0.128 e. The van der Waals surface area contributed by atoms with Gasteiger partial charge in [-0.2, -0.15) is 0 Å². The molecule has 0 saturated heterocycles. The van der Waals surface area contributed by atoms with E-state index in [4.69, 9.17) is 4.74 Å². The van der Waals surface area contributed by atoms with E-state index in [0.29, 0.717) is 12.1 Å². The molecule has 0 radical (unpaired) electrons. The molecule has 21 heavy (non-hydrogen) atoms. The van der Waals surface area contributed by atoms with Gasteiger partial charge < -0.3 is 15.2 Å². The molecular formula is C16H17BrFNO2. The van der Waals surface area contributed by atoms with Crippen molar-refractivity contribution in [2.24, 2.45) is 0 Å². The van der Waals surface area contributed by atoms with Crippen molar-refractivity contribution in [3.63, 3.8) is 0 Å². The number of anilines is 1. The third-order valence-corrected chi connectivity index (χ3v) is 3.62. The standard InChI is InChI=1S/C16H17BrFNO2/c17-14-6-2-4-8-16(14)19-9-13(20)11-21-10-12-5-1-3-7-15(12)18/h1-8,13,19-20H,9-11H2. The van der Waals surface area contributed by atoms with E-state index < -0.39 is 6.10 Å². The number of benzene rings is 2. The highest BCUT2D eigenvalue weighted by Crippen LogP contribution is 2.20. The lowest BCUT2D eigenvalue weighted by Crippen LogP contribution is -2.25. The highest BCUT2D eigenvalue weighted by Gasteiger charge is 2.07. The highest BCUT2D eigenvalue weighted by molar-refractivity contribution is 9.10. The molecule has 5 heteroatoms. The topological polar surface area (TPSA) is 41.5 Å². The third kappa shape index (κ3) is 5.12. The van der Waals surface area contributed by atoms with Gasteiger partial charge in [0.15, 0.2) is 0 Å². The summed E-state index contributed by atoms with van der Waals surface area (Å²) in [6, 6.07) is 14.1. The largest absolute Gasteiger partial charge is 0.389 e. The first kappa shape index (κ1) is 15.9. The van der Waals surface area contributed by atoms with Crippen molar-refractivity contribution in [2.75, 3.05) is 18.5 Å². The molecule has 0 bridgehead atoms. The van der Waals surface area contributed by atoms with Crippen LogP contribution in [-0.4, -0.2) is 24.4 Å². The van der Waals surface area contributed by atoms with Gasteiger partial charge in [-0.3, -0.25) is 0 Å².